The second kappa shape index (κ2) is 8.23. The van der Waals surface area contributed by atoms with E-state index in [1.54, 1.807) is 29.7 Å². The molecule has 146 valence electrons. The minimum atomic E-state index is 0.0291. The number of aliphatic imine (C=N–C) groups is 1. The number of thiazole rings is 1. The van der Waals surface area contributed by atoms with Gasteiger partial charge in [0.25, 0.3) is 0 Å². The summed E-state index contributed by atoms with van der Waals surface area (Å²) in [6.07, 6.45) is 1.58. The maximum absolute atomic E-state index is 10.3. The number of hydrogen-bond acceptors (Lipinski definition) is 5. The van der Waals surface area contributed by atoms with Gasteiger partial charge in [0.15, 0.2) is 11.5 Å². The van der Waals surface area contributed by atoms with E-state index in [0.717, 1.165) is 21.8 Å². The average Bonchev–Trinajstić information content (AvgIpc) is 3.13. The Balaban J connectivity index is 1.58. The first-order valence-electron chi connectivity index (χ1n) is 9.20. The van der Waals surface area contributed by atoms with Gasteiger partial charge in [0.2, 0.25) is 0 Å². The third-order valence-electron chi connectivity index (χ3n) is 4.38. The maximum Gasteiger partial charge on any atom is 0.166 e. The third kappa shape index (κ3) is 4.26. The van der Waals surface area contributed by atoms with E-state index < -0.39 is 0 Å². The predicted octanol–water partition coefficient (Wildman–Crippen LogP) is 6.78. The fourth-order valence-corrected chi connectivity index (χ4v) is 4.23. The van der Waals surface area contributed by atoms with E-state index in [9.17, 15) is 5.11 Å². The molecule has 3 aromatic carbocycles. The Bertz CT molecular complexity index is 1200. The van der Waals surface area contributed by atoms with Crippen LogP contribution in [0.25, 0.3) is 20.8 Å². The maximum atomic E-state index is 10.3. The summed E-state index contributed by atoms with van der Waals surface area (Å²) in [5.41, 5.74) is 4.56. The van der Waals surface area contributed by atoms with Crippen LogP contribution in [0.1, 0.15) is 18.1 Å². The van der Waals surface area contributed by atoms with E-state index in [1.807, 2.05) is 31.2 Å². The minimum absolute atomic E-state index is 0.0291. The summed E-state index contributed by atoms with van der Waals surface area (Å²) < 4.78 is 6.59. The van der Waals surface area contributed by atoms with Gasteiger partial charge in [0, 0.05) is 28.4 Å². The lowest BCUT2D eigenvalue weighted by molar-refractivity contribution is 0.318. The first kappa shape index (κ1) is 19.4. The van der Waals surface area contributed by atoms with Crippen molar-refractivity contribution in [3.05, 3.63) is 70.7 Å². The third-order valence-corrected chi connectivity index (χ3v) is 5.67. The van der Waals surface area contributed by atoms with Crippen molar-refractivity contribution in [1.29, 1.82) is 0 Å². The number of fused-ring (bicyclic) bond motifs is 1. The van der Waals surface area contributed by atoms with Crippen LogP contribution in [0.3, 0.4) is 0 Å². The Morgan fingerprint density at radius 3 is 2.69 bits per heavy atom. The van der Waals surface area contributed by atoms with Gasteiger partial charge in [-0.2, -0.15) is 0 Å². The molecule has 0 aliphatic carbocycles. The smallest absolute Gasteiger partial charge is 0.166 e. The Kier molecular flexibility index (Phi) is 5.51. The molecule has 4 rings (SSSR count). The molecule has 0 aliphatic rings. The van der Waals surface area contributed by atoms with Gasteiger partial charge in [-0.1, -0.05) is 17.7 Å². The number of hydrogen-bond donors (Lipinski definition) is 1. The van der Waals surface area contributed by atoms with Gasteiger partial charge in [-0.05, 0) is 61.9 Å². The lowest BCUT2D eigenvalue weighted by Gasteiger charge is -2.08. The van der Waals surface area contributed by atoms with E-state index in [2.05, 4.69) is 30.1 Å². The van der Waals surface area contributed by atoms with Gasteiger partial charge in [0.1, 0.15) is 5.01 Å². The van der Waals surface area contributed by atoms with Gasteiger partial charge < -0.3 is 9.84 Å². The standard InChI is InChI=1S/C23H19ClN2O2S/c1-3-28-20-12-17(24)11-16(22(20)27)13-25-18-7-5-15(6-8-18)23-26-19-9-4-14(2)10-21(19)29-23/h4-13,27H,3H2,1-2H3. The Morgan fingerprint density at radius 2 is 1.93 bits per heavy atom. The van der Waals surface area contributed by atoms with Crippen molar-refractivity contribution in [1.82, 2.24) is 4.98 Å². The van der Waals surface area contributed by atoms with Gasteiger partial charge in [-0.3, -0.25) is 4.99 Å². The number of phenols is 1. The van der Waals surface area contributed by atoms with Crippen molar-refractivity contribution in [2.24, 2.45) is 4.99 Å². The summed E-state index contributed by atoms with van der Waals surface area (Å²) in [6.45, 7) is 4.38. The highest BCUT2D eigenvalue weighted by molar-refractivity contribution is 7.21. The van der Waals surface area contributed by atoms with E-state index in [1.165, 1.54) is 10.3 Å². The van der Waals surface area contributed by atoms with Crippen LogP contribution in [-0.2, 0) is 0 Å². The number of nitrogens with zero attached hydrogens (tertiary/aromatic N) is 2. The SMILES string of the molecule is CCOc1cc(Cl)cc(C=Nc2ccc(-c3nc4ccc(C)cc4s3)cc2)c1O. The average molecular weight is 423 g/mol. The van der Waals surface area contributed by atoms with E-state index in [0.29, 0.717) is 22.9 Å². The second-order valence-electron chi connectivity index (χ2n) is 6.57. The summed E-state index contributed by atoms with van der Waals surface area (Å²) >= 11 is 7.79. The molecule has 1 N–H and O–H groups in total. The highest BCUT2D eigenvalue weighted by atomic mass is 35.5. The van der Waals surface area contributed by atoms with Crippen LogP contribution in [0.15, 0.2) is 59.6 Å². The number of aryl methyl sites for hydroxylation is 1. The van der Waals surface area contributed by atoms with E-state index in [-0.39, 0.29) is 5.75 Å². The second-order valence-corrected chi connectivity index (χ2v) is 8.04. The first-order chi connectivity index (χ1) is 14.0. The van der Waals surface area contributed by atoms with Crippen molar-refractivity contribution >= 4 is 45.1 Å². The topological polar surface area (TPSA) is 54.7 Å². The van der Waals surface area contributed by atoms with Crippen LogP contribution in [-0.4, -0.2) is 22.9 Å². The minimum Gasteiger partial charge on any atom is -0.504 e. The molecule has 0 atom stereocenters. The first-order valence-corrected chi connectivity index (χ1v) is 10.4. The number of ether oxygens (including phenoxy) is 1. The molecule has 1 aromatic heterocycles. The quantitative estimate of drug-likeness (QED) is 0.360. The molecule has 0 aliphatic heterocycles. The normalized spacial score (nSPS) is 11.4. The molecule has 0 unspecified atom stereocenters. The highest BCUT2D eigenvalue weighted by Crippen LogP contribution is 2.34. The molecule has 0 radical (unpaired) electrons. The molecule has 0 amide bonds. The Hall–Kier alpha value is -2.89. The van der Waals surface area contributed by atoms with Crippen molar-refractivity contribution in [3.63, 3.8) is 0 Å². The van der Waals surface area contributed by atoms with Gasteiger partial charge in [-0.15, -0.1) is 11.3 Å². The Morgan fingerprint density at radius 1 is 1.14 bits per heavy atom. The van der Waals surface area contributed by atoms with Gasteiger partial charge in [-0.25, -0.2) is 4.98 Å². The van der Waals surface area contributed by atoms with Crippen LogP contribution >= 0.6 is 22.9 Å². The number of benzene rings is 3. The molecular formula is C23H19ClN2O2S. The summed E-state index contributed by atoms with van der Waals surface area (Å²) in [5, 5.41) is 11.8. The largest absolute Gasteiger partial charge is 0.504 e. The zero-order valence-corrected chi connectivity index (χ0v) is 17.6. The fraction of sp³-hybridized carbons (Fsp3) is 0.130. The summed E-state index contributed by atoms with van der Waals surface area (Å²) in [4.78, 5) is 9.17. The fourth-order valence-electron chi connectivity index (χ4n) is 2.95. The van der Waals surface area contributed by atoms with Crippen molar-refractivity contribution < 1.29 is 9.84 Å². The van der Waals surface area contributed by atoms with Crippen LogP contribution in [0.2, 0.25) is 5.02 Å². The highest BCUT2D eigenvalue weighted by Gasteiger charge is 2.09. The molecule has 0 saturated carbocycles. The lowest BCUT2D eigenvalue weighted by Crippen LogP contribution is -1.94. The van der Waals surface area contributed by atoms with Crippen LogP contribution < -0.4 is 4.74 Å². The zero-order chi connectivity index (χ0) is 20.4. The van der Waals surface area contributed by atoms with E-state index >= 15 is 0 Å². The molecule has 0 saturated heterocycles. The molecule has 1 heterocycles. The van der Waals surface area contributed by atoms with Crippen LogP contribution in [0, 0.1) is 6.92 Å². The van der Waals surface area contributed by atoms with Crippen molar-refractivity contribution in [3.8, 4) is 22.1 Å². The molecule has 0 fully saturated rings. The van der Waals surface area contributed by atoms with Gasteiger partial charge >= 0.3 is 0 Å². The van der Waals surface area contributed by atoms with Crippen molar-refractivity contribution in [2.75, 3.05) is 6.61 Å². The molecule has 4 aromatic rings. The van der Waals surface area contributed by atoms with Crippen molar-refractivity contribution in [2.45, 2.75) is 13.8 Å². The zero-order valence-electron chi connectivity index (χ0n) is 16.0. The Labute approximate surface area is 178 Å². The molecule has 4 nitrogen and oxygen atoms in total. The van der Waals surface area contributed by atoms with Crippen LogP contribution in [0.4, 0.5) is 5.69 Å². The molecule has 29 heavy (non-hydrogen) atoms. The molecular weight excluding hydrogens is 404 g/mol. The lowest BCUT2D eigenvalue weighted by atomic mass is 10.2. The molecule has 0 spiro atoms. The number of aromatic nitrogens is 1. The molecule has 6 heteroatoms. The summed E-state index contributed by atoms with van der Waals surface area (Å²) in [6, 6.07) is 17.4. The summed E-state index contributed by atoms with van der Waals surface area (Å²) in [5.74, 6) is 0.379. The monoisotopic (exact) mass is 422 g/mol. The van der Waals surface area contributed by atoms with Gasteiger partial charge in [0.05, 0.1) is 22.5 Å². The molecule has 0 bridgehead atoms. The number of halogens is 1. The van der Waals surface area contributed by atoms with Crippen LogP contribution in [0.5, 0.6) is 11.5 Å². The number of rotatable bonds is 5. The predicted molar refractivity (Wildman–Crippen MR) is 121 cm³/mol. The summed E-state index contributed by atoms with van der Waals surface area (Å²) in [7, 11) is 0. The van der Waals surface area contributed by atoms with E-state index in [4.69, 9.17) is 21.3 Å². The number of phenolic OH excluding ortho intramolecular Hbond substituents is 1. The number of aromatic hydroxyl groups is 1.